The Labute approximate surface area is 202 Å². The molecule has 2 heterocycles. The zero-order chi connectivity index (χ0) is 21.3. The van der Waals surface area contributed by atoms with E-state index in [-0.39, 0.29) is 29.5 Å². The van der Waals surface area contributed by atoms with E-state index in [0.29, 0.717) is 0 Å². The van der Waals surface area contributed by atoms with Gasteiger partial charge in [-0.2, -0.15) is 0 Å². The number of anilines is 1. The number of hydrogen-bond acceptors (Lipinski definition) is 4. The minimum Gasteiger partial charge on any atom is -0.497 e. The zero-order valence-corrected chi connectivity index (χ0v) is 21.0. The lowest BCUT2D eigenvalue weighted by atomic mass is 10.2. The van der Waals surface area contributed by atoms with E-state index in [4.69, 9.17) is 4.74 Å². The lowest BCUT2D eigenvalue weighted by Crippen LogP contribution is -2.52. The number of benzene rings is 1. The van der Waals surface area contributed by atoms with Crippen molar-refractivity contribution in [1.29, 1.82) is 0 Å². The van der Waals surface area contributed by atoms with Crippen molar-refractivity contribution in [3.05, 3.63) is 58.5 Å². The maximum Gasteiger partial charge on any atom is 0.250 e. The van der Waals surface area contributed by atoms with Crippen molar-refractivity contribution >= 4 is 35.6 Å². The number of rotatable bonds is 7. The van der Waals surface area contributed by atoms with Gasteiger partial charge >= 0.3 is 0 Å². The van der Waals surface area contributed by atoms with E-state index < -0.39 is 0 Å². The molecule has 2 aromatic rings. The van der Waals surface area contributed by atoms with Crippen LogP contribution in [-0.4, -0.2) is 62.3 Å². The van der Waals surface area contributed by atoms with Crippen LogP contribution in [0.15, 0.2) is 52.3 Å². The highest BCUT2D eigenvalue weighted by Crippen LogP contribution is 2.22. The Bertz CT molecular complexity index is 907. The largest absolute Gasteiger partial charge is 0.497 e. The number of unbranched alkanes of at least 4 members (excludes halogenated alkanes) is 1. The SMILES string of the molecule is CN=C(NCCCCn1c(C)cccc1=O)N1CCN(c2cccc(OC)c2)CC1.I. The molecule has 3 rings (SSSR count). The molecule has 7 nitrogen and oxygen atoms in total. The molecule has 0 atom stereocenters. The Balaban J connectivity index is 0.00000341. The van der Waals surface area contributed by atoms with Crippen molar-refractivity contribution in [1.82, 2.24) is 14.8 Å². The van der Waals surface area contributed by atoms with Gasteiger partial charge in [-0.1, -0.05) is 12.1 Å². The molecule has 1 aliphatic rings. The van der Waals surface area contributed by atoms with Crippen LogP contribution in [0.3, 0.4) is 0 Å². The van der Waals surface area contributed by atoms with Crippen molar-refractivity contribution in [3.63, 3.8) is 0 Å². The predicted molar refractivity (Wildman–Crippen MR) is 138 cm³/mol. The highest BCUT2D eigenvalue weighted by atomic mass is 127. The molecule has 31 heavy (non-hydrogen) atoms. The summed E-state index contributed by atoms with van der Waals surface area (Å²) in [5, 5.41) is 3.48. The minimum atomic E-state index is 0. The molecule has 0 radical (unpaired) electrons. The van der Waals surface area contributed by atoms with Gasteiger partial charge in [0, 0.05) is 69.8 Å². The molecule has 1 aromatic carbocycles. The van der Waals surface area contributed by atoms with Crippen LogP contribution in [0.5, 0.6) is 5.75 Å². The fourth-order valence-electron chi connectivity index (χ4n) is 3.82. The molecule has 8 heteroatoms. The monoisotopic (exact) mass is 539 g/mol. The van der Waals surface area contributed by atoms with Gasteiger partial charge in [0.05, 0.1) is 7.11 Å². The van der Waals surface area contributed by atoms with Crippen LogP contribution in [0.1, 0.15) is 18.5 Å². The fourth-order valence-corrected chi connectivity index (χ4v) is 3.82. The van der Waals surface area contributed by atoms with Gasteiger partial charge in [-0.15, -0.1) is 24.0 Å². The van der Waals surface area contributed by atoms with Crippen LogP contribution in [0.25, 0.3) is 0 Å². The van der Waals surface area contributed by atoms with Crippen molar-refractivity contribution in [2.24, 2.45) is 4.99 Å². The van der Waals surface area contributed by atoms with Crippen molar-refractivity contribution in [3.8, 4) is 5.75 Å². The Morgan fingerprint density at radius 3 is 2.52 bits per heavy atom. The van der Waals surface area contributed by atoms with Crippen LogP contribution >= 0.6 is 24.0 Å². The number of halogens is 1. The maximum atomic E-state index is 11.9. The fraction of sp³-hybridized carbons (Fsp3) is 0.478. The molecular weight excluding hydrogens is 505 g/mol. The van der Waals surface area contributed by atoms with Crippen molar-refractivity contribution < 1.29 is 4.74 Å². The molecule has 0 bridgehead atoms. The van der Waals surface area contributed by atoms with E-state index in [1.165, 1.54) is 5.69 Å². The number of aliphatic imine (C=N–C) groups is 1. The standard InChI is InChI=1S/C23H33N5O2.HI/c1-19-8-6-11-22(29)28(19)13-5-4-12-25-23(24-2)27-16-14-26(15-17-27)20-9-7-10-21(18-20)30-3;/h6-11,18H,4-5,12-17H2,1-3H3,(H,24,25);1H. The number of methoxy groups -OCH3 is 1. The third kappa shape index (κ3) is 6.88. The van der Waals surface area contributed by atoms with Gasteiger partial charge in [-0.05, 0) is 38.0 Å². The second-order valence-corrected chi connectivity index (χ2v) is 7.51. The highest BCUT2D eigenvalue weighted by Gasteiger charge is 2.19. The second-order valence-electron chi connectivity index (χ2n) is 7.51. The molecule has 170 valence electrons. The number of pyridine rings is 1. The van der Waals surface area contributed by atoms with Gasteiger partial charge in [0.15, 0.2) is 5.96 Å². The zero-order valence-electron chi connectivity index (χ0n) is 18.7. The molecule has 0 spiro atoms. The molecule has 0 aliphatic carbocycles. The van der Waals surface area contributed by atoms with Crippen LogP contribution in [-0.2, 0) is 6.54 Å². The third-order valence-corrected chi connectivity index (χ3v) is 5.57. The summed E-state index contributed by atoms with van der Waals surface area (Å²) in [6.45, 7) is 7.33. The first-order valence-corrected chi connectivity index (χ1v) is 10.6. The van der Waals surface area contributed by atoms with Gasteiger partial charge in [0.1, 0.15) is 5.75 Å². The number of guanidine groups is 1. The van der Waals surface area contributed by atoms with Crippen molar-refractivity contribution in [2.45, 2.75) is 26.3 Å². The molecule has 1 N–H and O–H groups in total. The quantitative estimate of drug-likeness (QED) is 0.254. The number of ether oxygens (including phenoxy) is 1. The molecule has 1 aromatic heterocycles. The van der Waals surface area contributed by atoms with E-state index in [9.17, 15) is 4.79 Å². The Morgan fingerprint density at radius 1 is 1.10 bits per heavy atom. The van der Waals surface area contributed by atoms with Crippen LogP contribution in [0, 0.1) is 6.92 Å². The summed E-state index contributed by atoms with van der Waals surface area (Å²) < 4.78 is 7.18. The molecule has 0 unspecified atom stereocenters. The summed E-state index contributed by atoms with van der Waals surface area (Å²) in [5.41, 5.74) is 2.29. The van der Waals surface area contributed by atoms with Crippen molar-refractivity contribution in [2.75, 3.05) is 51.8 Å². The first kappa shape index (κ1) is 25.0. The maximum absolute atomic E-state index is 11.9. The summed E-state index contributed by atoms with van der Waals surface area (Å²) in [7, 11) is 3.54. The van der Waals surface area contributed by atoms with E-state index in [0.717, 1.165) is 69.5 Å². The average Bonchev–Trinajstić information content (AvgIpc) is 2.78. The van der Waals surface area contributed by atoms with Gasteiger partial charge in [0.25, 0.3) is 5.56 Å². The van der Waals surface area contributed by atoms with E-state index in [2.05, 4.69) is 32.2 Å². The number of piperazine rings is 1. The second kappa shape index (κ2) is 12.6. The smallest absolute Gasteiger partial charge is 0.250 e. The lowest BCUT2D eigenvalue weighted by Gasteiger charge is -2.37. The summed E-state index contributed by atoms with van der Waals surface area (Å²) in [6.07, 6.45) is 1.95. The van der Waals surface area contributed by atoms with Gasteiger partial charge in [-0.3, -0.25) is 9.79 Å². The summed E-state index contributed by atoms with van der Waals surface area (Å²) in [4.78, 5) is 21.1. The average molecular weight is 539 g/mol. The van der Waals surface area contributed by atoms with E-state index in [1.807, 2.05) is 42.8 Å². The summed E-state index contributed by atoms with van der Waals surface area (Å²) in [6, 6.07) is 13.6. The van der Waals surface area contributed by atoms with E-state index >= 15 is 0 Å². The first-order valence-electron chi connectivity index (χ1n) is 10.6. The molecule has 1 saturated heterocycles. The Morgan fingerprint density at radius 2 is 1.84 bits per heavy atom. The number of hydrogen-bond donors (Lipinski definition) is 1. The molecule has 0 saturated carbocycles. The van der Waals surface area contributed by atoms with Crippen LogP contribution < -0.4 is 20.5 Å². The predicted octanol–water partition coefficient (Wildman–Crippen LogP) is 2.96. The number of nitrogens with zero attached hydrogens (tertiary/aromatic N) is 4. The Kier molecular flexibility index (Phi) is 10.2. The number of nitrogens with one attached hydrogen (secondary N) is 1. The summed E-state index contributed by atoms with van der Waals surface area (Å²) in [5.74, 6) is 1.84. The molecule has 1 fully saturated rings. The van der Waals surface area contributed by atoms with Crippen LogP contribution in [0.4, 0.5) is 5.69 Å². The van der Waals surface area contributed by atoms with Gasteiger partial charge < -0.3 is 24.4 Å². The molecule has 0 amide bonds. The normalized spacial score (nSPS) is 14.2. The number of aryl methyl sites for hydroxylation is 1. The molecular formula is C23H34IN5O2. The lowest BCUT2D eigenvalue weighted by molar-refractivity contribution is 0.371. The third-order valence-electron chi connectivity index (χ3n) is 5.57. The summed E-state index contributed by atoms with van der Waals surface area (Å²) >= 11 is 0. The Hall–Kier alpha value is -2.23. The van der Waals surface area contributed by atoms with E-state index in [1.54, 1.807) is 13.2 Å². The number of aromatic nitrogens is 1. The van der Waals surface area contributed by atoms with Gasteiger partial charge in [0.2, 0.25) is 0 Å². The first-order chi connectivity index (χ1) is 14.6. The van der Waals surface area contributed by atoms with Gasteiger partial charge in [-0.25, -0.2) is 0 Å². The molecule has 1 aliphatic heterocycles. The topological polar surface area (TPSA) is 62.1 Å². The highest BCUT2D eigenvalue weighted by molar-refractivity contribution is 14.0. The van der Waals surface area contributed by atoms with Crippen LogP contribution in [0.2, 0.25) is 0 Å². The minimum absolute atomic E-state index is 0.